The van der Waals surface area contributed by atoms with Crippen LogP contribution in [-0.2, 0) is 11.2 Å². The SMILES string of the molecule is CCCOc1ccc(C(=O)NNC(=O)Cc2cccc3ccccc23)cc1OCC. The molecule has 0 radical (unpaired) electrons. The van der Waals surface area contributed by atoms with Gasteiger partial charge in [-0.25, -0.2) is 0 Å². The summed E-state index contributed by atoms with van der Waals surface area (Å²) in [6, 6.07) is 18.7. The smallest absolute Gasteiger partial charge is 0.269 e. The molecular weight excluding hydrogens is 380 g/mol. The van der Waals surface area contributed by atoms with Crippen LogP contribution in [0, 0.1) is 0 Å². The first-order valence-corrected chi connectivity index (χ1v) is 10.1. The van der Waals surface area contributed by atoms with Gasteiger partial charge in [0.1, 0.15) is 0 Å². The molecule has 3 aromatic carbocycles. The van der Waals surface area contributed by atoms with Gasteiger partial charge in [0.05, 0.1) is 19.6 Å². The maximum Gasteiger partial charge on any atom is 0.269 e. The summed E-state index contributed by atoms with van der Waals surface area (Å²) in [5.41, 5.74) is 6.22. The minimum Gasteiger partial charge on any atom is -0.490 e. The van der Waals surface area contributed by atoms with Gasteiger partial charge >= 0.3 is 0 Å². The largest absolute Gasteiger partial charge is 0.490 e. The highest BCUT2D eigenvalue weighted by molar-refractivity contribution is 5.96. The van der Waals surface area contributed by atoms with Gasteiger partial charge in [-0.15, -0.1) is 0 Å². The van der Waals surface area contributed by atoms with Gasteiger partial charge in [-0.1, -0.05) is 49.4 Å². The molecule has 6 nitrogen and oxygen atoms in total. The summed E-state index contributed by atoms with van der Waals surface area (Å²) in [6.45, 7) is 4.90. The van der Waals surface area contributed by atoms with E-state index in [1.165, 1.54) is 0 Å². The zero-order valence-electron chi connectivity index (χ0n) is 17.2. The summed E-state index contributed by atoms with van der Waals surface area (Å²) in [7, 11) is 0. The van der Waals surface area contributed by atoms with Crippen LogP contribution < -0.4 is 20.3 Å². The predicted octanol–water partition coefficient (Wildman–Crippen LogP) is 4.03. The van der Waals surface area contributed by atoms with E-state index >= 15 is 0 Å². The number of ether oxygens (including phenoxy) is 2. The van der Waals surface area contributed by atoms with Gasteiger partial charge in [0, 0.05) is 5.56 Å². The lowest BCUT2D eigenvalue weighted by atomic mass is 10.0. The summed E-state index contributed by atoms with van der Waals surface area (Å²) < 4.78 is 11.2. The van der Waals surface area contributed by atoms with Crippen molar-refractivity contribution in [2.45, 2.75) is 26.7 Å². The average molecular weight is 406 g/mol. The molecule has 3 rings (SSSR count). The molecule has 2 N–H and O–H groups in total. The normalized spacial score (nSPS) is 10.5. The molecular formula is C24H26N2O4. The lowest BCUT2D eigenvalue weighted by Gasteiger charge is -2.13. The molecule has 0 spiro atoms. The molecule has 6 heteroatoms. The highest BCUT2D eigenvalue weighted by Gasteiger charge is 2.13. The van der Waals surface area contributed by atoms with Gasteiger partial charge in [0.15, 0.2) is 11.5 Å². The Hall–Kier alpha value is -3.54. The van der Waals surface area contributed by atoms with Crippen molar-refractivity contribution < 1.29 is 19.1 Å². The third-order valence-corrected chi connectivity index (χ3v) is 4.51. The van der Waals surface area contributed by atoms with E-state index in [0.29, 0.717) is 30.3 Å². The Labute approximate surface area is 176 Å². The van der Waals surface area contributed by atoms with E-state index in [0.717, 1.165) is 22.8 Å². The molecule has 156 valence electrons. The maximum absolute atomic E-state index is 12.5. The Morgan fingerprint density at radius 1 is 0.867 bits per heavy atom. The van der Waals surface area contributed by atoms with E-state index in [2.05, 4.69) is 10.9 Å². The Kier molecular flexibility index (Phi) is 7.27. The summed E-state index contributed by atoms with van der Waals surface area (Å²) in [5, 5.41) is 2.09. The van der Waals surface area contributed by atoms with Crippen molar-refractivity contribution in [3.63, 3.8) is 0 Å². The highest BCUT2D eigenvalue weighted by Crippen LogP contribution is 2.28. The fourth-order valence-corrected chi connectivity index (χ4v) is 3.11. The fourth-order valence-electron chi connectivity index (χ4n) is 3.11. The van der Waals surface area contributed by atoms with Crippen LogP contribution in [0.1, 0.15) is 36.2 Å². The average Bonchev–Trinajstić information content (AvgIpc) is 2.77. The van der Waals surface area contributed by atoms with Gasteiger partial charge in [-0.3, -0.25) is 20.4 Å². The van der Waals surface area contributed by atoms with Gasteiger partial charge < -0.3 is 9.47 Å². The number of benzene rings is 3. The van der Waals surface area contributed by atoms with Crippen LogP contribution in [0.3, 0.4) is 0 Å². The van der Waals surface area contributed by atoms with Crippen molar-refractivity contribution in [2.75, 3.05) is 13.2 Å². The number of carbonyl (C=O) groups excluding carboxylic acids is 2. The summed E-state index contributed by atoms with van der Waals surface area (Å²) in [5.74, 6) is 0.368. The molecule has 30 heavy (non-hydrogen) atoms. The Morgan fingerprint density at radius 3 is 2.47 bits per heavy atom. The quantitative estimate of drug-likeness (QED) is 0.554. The summed E-state index contributed by atoms with van der Waals surface area (Å²) in [4.78, 5) is 24.8. The second-order valence-corrected chi connectivity index (χ2v) is 6.76. The van der Waals surface area contributed by atoms with Crippen molar-refractivity contribution in [3.05, 3.63) is 71.8 Å². The van der Waals surface area contributed by atoms with Crippen LogP contribution in [0.2, 0.25) is 0 Å². The van der Waals surface area contributed by atoms with Crippen molar-refractivity contribution in [1.82, 2.24) is 10.9 Å². The molecule has 0 saturated carbocycles. The Bertz CT molecular complexity index is 1030. The highest BCUT2D eigenvalue weighted by atomic mass is 16.5. The monoisotopic (exact) mass is 406 g/mol. The van der Waals surface area contributed by atoms with Crippen LogP contribution in [-0.4, -0.2) is 25.0 Å². The van der Waals surface area contributed by atoms with Crippen molar-refractivity contribution in [3.8, 4) is 11.5 Å². The zero-order valence-corrected chi connectivity index (χ0v) is 17.2. The lowest BCUT2D eigenvalue weighted by Crippen LogP contribution is -2.42. The number of nitrogens with one attached hydrogen (secondary N) is 2. The number of rotatable bonds is 8. The topological polar surface area (TPSA) is 76.7 Å². The number of hydrazine groups is 1. The fraction of sp³-hybridized carbons (Fsp3) is 0.250. The molecule has 3 aromatic rings. The van der Waals surface area contributed by atoms with Crippen LogP contribution >= 0.6 is 0 Å². The van der Waals surface area contributed by atoms with E-state index in [-0.39, 0.29) is 12.3 Å². The first-order chi connectivity index (χ1) is 14.6. The molecule has 0 saturated heterocycles. The number of amides is 2. The van der Waals surface area contributed by atoms with Crippen molar-refractivity contribution >= 4 is 22.6 Å². The third-order valence-electron chi connectivity index (χ3n) is 4.51. The lowest BCUT2D eigenvalue weighted by molar-refractivity contribution is -0.121. The molecule has 0 bridgehead atoms. The third kappa shape index (κ3) is 5.29. The maximum atomic E-state index is 12.5. The zero-order chi connectivity index (χ0) is 21.3. The van der Waals surface area contributed by atoms with E-state index in [9.17, 15) is 9.59 Å². The van der Waals surface area contributed by atoms with Crippen LogP contribution in [0.25, 0.3) is 10.8 Å². The minimum atomic E-state index is -0.427. The molecule has 0 aliphatic heterocycles. The van der Waals surface area contributed by atoms with Gasteiger partial charge in [-0.05, 0) is 47.9 Å². The molecule has 0 heterocycles. The Balaban J connectivity index is 1.63. The van der Waals surface area contributed by atoms with E-state index in [4.69, 9.17) is 9.47 Å². The van der Waals surface area contributed by atoms with Crippen LogP contribution in [0.4, 0.5) is 0 Å². The van der Waals surface area contributed by atoms with E-state index < -0.39 is 5.91 Å². The molecule has 0 aromatic heterocycles. The second-order valence-electron chi connectivity index (χ2n) is 6.76. The van der Waals surface area contributed by atoms with Crippen LogP contribution in [0.15, 0.2) is 60.7 Å². The van der Waals surface area contributed by atoms with Crippen LogP contribution in [0.5, 0.6) is 11.5 Å². The molecule has 0 unspecified atom stereocenters. The van der Waals surface area contributed by atoms with Crippen molar-refractivity contribution in [2.24, 2.45) is 0 Å². The molecule has 0 aliphatic rings. The number of carbonyl (C=O) groups is 2. The summed E-state index contributed by atoms with van der Waals surface area (Å²) >= 11 is 0. The standard InChI is InChI=1S/C24H26N2O4/c1-3-14-30-21-13-12-19(15-22(21)29-4-2)24(28)26-25-23(27)16-18-10-7-9-17-8-5-6-11-20(17)18/h5-13,15H,3-4,14,16H2,1-2H3,(H,25,27)(H,26,28). The van der Waals surface area contributed by atoms with Gasteiger partial charge in [0.25, 0.3) is 5.91 Å². The minimum absolute atomic E-state index is 0.162. The second kappa shape index (κ2) is 10.3. The van der Waals surface area contributed by atoms with Gasteiger partial charge in [-0.2, -0.15) is 0 Å². The first-order valence-electron chi connectivity index (χ1n) is 10.1. The Morgan fingerprint density at radius 2 is 1.67 bits per heavy atom. The van der Waals surface area contributed by atoms with Crippen molar-refractivity contribution in [1.29, 1.82) is 0 Å². The molecule has 0 atom stereocenters. The summed E-state index contributed by atoms with van der Waals surface area (Å²) in [6.07, 6.45) is 1.03. The van der Waals surface area contributed by atoms with E-state index in [1.54, 1.807) is 18.2 Å². The number of hydrogen-bond acceptors (Lipinski definition) is 4. The predicted molar refractivity (Wildman–Crippen MR) is 117 cm³/mol. The first kappa shape index (κ1) is 21.2. The number of fused-ring (bicyclic) bond motifs is 1. The molecule has 2 amide bonds. The molecule has 0 fully saturated rings. The van der Waals surface area contributed by atoms with Gasteiger partial charge in [0.2, 0.25) is 5.91 Å². The van der Waals surface area contributed by atoms with E-state index in [1.807, 2.05) is 56.3 Å². The number of hydrogen-bond donors (Lipinski definition) is 2. The molecule has 0 aliphatic carbocycles.